The fourth-order valence-corrected chi connectivity index (χ4v) is 0.909. The lowest BCUT2D eigenvalue weighted by molar-refractivity contribution is -0.114. The molecule has 4 nitrogen and oxygen atoms in total. The van der Waals surface area contributed by atoms with Gasteiger partial charge >= 0.3 is 0 Å². The molecule has 0 aliphatic carbocycles. The highest BCUT2D eigenvalue weighted by Gasteiger charge is 2.02. The Kier molecular flexibility index (Phi) is 14.6. The van der Waals surface area contributed by atoms with E-state index in [1.54, 1.807) is 6.92 Å². The van der Waals surface area contributed by atoms with Gasteiger partial charge in [-0.1, -0.05) is 44.5 Å². The number of oxime groups is 1. The Balaban J connectivity index is 0. The van der Waals surface area contributed by atoms with Crippen LogP contribution in [-0.4, -0.2) is 30.8 Å². The van der Waals surface area contributed by atoms with Crippen LogP contribution in [0.25, 0.3) is 0 Å². The van der Waals surface area contributed by atoms with E-state index in [9.17, 15) is 4.79 Å². The molecular weight excluding hydrogens is 204 g/mol. The number of nitrogens with zero attached hydrogens (tertiary/aromatic N) is 2. The van der Waals surface area contributed by atoms with Gasteiger partial charge in [-0.25, -0.2) is 0 Å². The first-order valence-corrected chi connectivity index (χ1v) is 5.71. The minimum absolute atomic E-state index is 0.544. The van der Waals surface area contributed by atoms with Crippen molar-refractivity contribution in [2.24, 2.45) is 5.16 Å². The maximum Gasteiger partial charge on any atom is 0.215 e. The lowest BCUT2D eigenvalue weighted by Gasteiger charge is -2.12. The molecule has 0 fully saturated rings. The second kappa shape index (κ2) is 13.7. The Bertz CT molecular complexity index is 213. The summed E-state index contributed by atoms with van der Waals surface area (Å²) < 4.78 is 0. The fourth-order valence-electron chi connectivity index (χ4n) is 0.909. The smallest absolute Gasteiger partial charge is 0.215 e. The van der Waals surface area contributed by atoms with Crippen molar-refractivity contribution in [1.82, 2.24) is 4.90 Å². The van der Waals surface area contributed by atoms with Crippen LogP contribution in [0.1, 0.15) is 40.5 Å². The number of rotatable bonds is 6. The summed E-state index contributed by atoms with van der Waals surface area (Å²) in [5.74, 6) is 0.559. The number of amidine groups is 1. The summed E-state index contributed by atoms with van der Waals surface area (Å²) in [6.45, 7) is 8.38. The first kappa shape index (κ1) is 17.1. The van der Waals surface area contributed by atoms with Crippen molar-refractivity contribution in [3.05, 3.63) is 12.2 Å². The van der Waals surface area contributed by atoms with Crippen molar-refractivity contribution in [2.45, 2.75) is 40.5 Å². The molecule has 4 heteroatoms. The number of unbranched alkanes of at least 4 members (excludes halogenated alkanes) is 1. The van der Waals surface area contributed by atoms with Gasteiger partial charge in [0.15, 0.2) is 0 Å². The third-order valence-corrected chi connectivity index (χ3v) is 1.69. The van der Waals surface area contributed by atoms with Crippen LogP contribution in [0.5, 0.6) is 0 Å². The Morgan fingerprint density at radius 1 is 1.38 bits per heavy atom. The van der Waals surface area contributed by atoms with Crippen LogP contribution in [0.2, 0.25) is 0 Å². The first-order chi connectivity index (χ1) is 7.76. The van der Waals surface area contributed by atoms with Gasteiger partial charge in [-0.3, -0.25) is 9.69 Å². The molecule has 0 bridgehead atoms. The summed E-state index contributed by atoms with van der Waals surface area (Å²) in [6, 6.07) is 0. The molecule has 0 aromatic rings. The quantitative estimate of drug-likeness (QED) is 0.231. The maximum atomic E-state index is 10.6. The third-order valence-electron chi connectivity index (χ3n) is 1.69. The number of carbonyl (C=O) groups is 1. The maximum absolute atomic E-state index is 10.6. The molecule has 0 aliphatic heterocycles. The SMILES string of the molecule is CC.CCC/C=C\CN(C=O)/C(C)=N\OC. The minimum atomic E-state index is 0.544. The fraction of sp³-hybridized carbons (Fsp3) is 0.667. The molecule has 1 amide bonds. The lowest BCUT2D eigenvalue weighted by atomic mass is 10.3. The monoisotopic (exact) mass is 228 g/mol. The van der Waals surface area contributed by atoms with Gasteiger partial charge in [0.05, 0.1) is 0 Å². The van der Waals surface area contributed by atoms with Gasteiger partial charge in [-0.05, 0) is 13.3 Å². The van der Waals surface area contributed by atoms with E-state index in [1.165, 1.54) is 12.0 Å². The molecule has 0 atom stereocenters. The van der Waals surface area contributed by atoms with Crippen molar-refractivity contribution in [2.75, 3.05) is 13.7 Å². The third kappa shape index (κ3) is 9.24. The van der Waals surface area contributed by atoms with Crippen LogP contribution in [0.3, 0.4) is 0 Å². The van der Waals surface area contributed by atoms with Gasteiger partial charge in [0, 0.05) is 6.54 Å². The van der Waals surface area contributed by atoms with E-state index in [1.807, 2.05) is 19.9 Å². The molecule has 0 spiro atoms. The number of carbonyl (C=O) groups excluding carboxylic acids is 1. The van der Waals surface area contributed by atoms with Crippen molar-refractivity contribution in [3.63, 3.8) is 0 Å². The van der Waals surface area contributed by atoms with Gasteiger partial charge in [-0.15, -0.1) is 0 Å². The Hall–Kier alpha value is -1.32. The predicted molar refractivity (Wildman–Crippen MR) is 68.3 cm³/mol. The van der Waals surface area contributed by atoms with Crippen molar-refractivity contribution in [3.8, 4) is 0 Å². The van der Waals surface area contributed by atoms with E-state index in [-0.39, 0.29) is 0 Å². The second-order valence-electron chi connectivity index (χ2n) is 2.84. The average Bonchev–Trinajstić information content (AvgIpc) is 2.32. The summed E-state index contributed by atoms with van der Waals surface area (Å²) in [4.78, 5) is 16.7. The molecule has 0 aromatic carbocycles. The first-order valence-electron chi connectivity index (χ1n) is 5.71. The molecule has 94 valence electrons. The molecule has 0 radical (unpaired) electrons. The predicted octanol–water partition coefficient (Wildman–Crippen LogP) is 2.81. The molecule has 0 unspecified atom stereocenters. The normalized spacial score (nSPS) is 10.7. The van der Waals surface area contributed by atoms with E-state index in [0.29, 0.717) is 12.4 Å². The topological polar surface area (TPSA) is 41.9 Å². The van der Waals surface area contributed by atoms with Gasteiger partial charge in [0.2, 0.25) is 6.41 Å². The highest BCUT2D eigenvalue weighted by atomic mass is 16.6. The summed E-state index contributed by atoms with van der Waals surface area (Å²) in [5, 5.41) is 3.67. The van der Waals surface area contributed by atoms with Crippen LogP contribution < -0.4 is 0 Å². The summed E-state index contributed by atoms with van der Waals surface area (Å²) in [7, 11) is 1.46. The molecule has 0 saturated heterocycles. The molecule has 0 N–H and O–H groups in total. The highest BCUT2D eigenvalue weighted by molar-refractivity contribution is 5.88. The molecule has 16 heavy (non-hydrogen) atoms. The van der Waals surface area contributed by atoms with Crippen molar-refractivity contribution >= 4 is 12.2 Å². The number of allylic oxidation sites excluding steroid dienone is 1. The lowest BCUT2D eigenvalue weighted by Crippen LogP contribution is -2.27. The Morgan fingerprint density at radius 2 is 2.00 bits per heavy atom. The molecule has 0 aliphatic rings. The summed E-state index contributed by atoms with van der Waals surface area (Å²) >= 11 is 0. The summed E-state index contributed by atoms with van der Waals surface area (Å²) in [5.41, 5.74) is 0. The van der Waals surface area contributed by atoms with E-state index in [4.69, 9.17) is 0 Å². The number of hydrogen-bond acceptors (Lipinski definition) is 3. The van der Waals surface area contributed by atoms with Crippen LogP contribution >= 0.6 is 0 Å². The largest absolute Gasteiger partial charge is 0.398 e. The van der Waals surface area contributed by atoms with Crippen LogP contribution in [0.15, 0.2) is 17.3 Å². The van der Waals surface area contributed by atoms with Crippen LogP contribution in [0, 0.1) is 0 Å². The average molecular weight is 228 g/mol. The zero-order valence-corrected chi connectivity index (χ0v) is 11.1. The number of hydrogen-bond donors (Lipinski definition) is 0. The summed E-state index contributed by atoms with van der Waals surface area (Å²) in [6.07, 6.45) is 6.90. The Labute approximate surface area is 99.0 Å². The van der Waals surface area contributed by atoms with Crippen molar-refractivity contribution in [1.29, 1.82) is 0 Å². The molecule has 0 aromatic heterocycles. The minimum Gasteiger partial charge on any atom is -0.398 e. The molecular formula is C12H24N2O2. The van der Waals surface area contributed by atoms with Gasteiger partial charge in [-0.2, -0.15) is 0 Å². The number of amides is 1. The second-order valence-corrected chi connectivity index (χ2v) is 2.84. The zero-order valence-electron chi connectivity index (χ0n) is 11.1. The molecule has 0 heterocycles. The van der Waals surface area contributed by atoms with E-state index < -0.39 is 0 Å². The van der Waals surface area contributed by atoms with Crippen LogP contribution in [-0.2, 0) is 9.63 Å². The van der Waals surface area contributed by atoms with Gasteiger partial charge in [0.1, 0.15) is 12.9 Å². The van der Waals surface area contributed by atoms with Crippen molar-refractivity contribution < 1.29 is 9.63 Å². The van der Waals surface area contributed by atoms with Crippen LogP contribution in [0.4, 0.5) is 0 Å². The molecule has 0 rings (SSSR count). The molecule has 0 saturated carbocycles. The van der Waals surface area contributed by atoms with Gasteiger partial charge in [0.25, 0.3) is 0 Å². The van der Waals surface area contributed by atoms with E-state index >= 15 is 0 Å². The standard InChI is InChI=1S/C10H18N2O2.C2H6/c1-4-5-6-7-8-12(9-13)10(2)11-14-3;1-2/h6-7,9H,4-5,8H2,1-3H3;1-2H3/b7-6-,11-10-;. The van der Waals surface area contributed by atoms with E-state index in [0.717, 1.165) is 19.3 Å². The van der Waals surface area contributed by atoms with Gasteiger partial charge < -0.3 is 4.84 Å². The van der Waals surface area contributed by atoms with E-state index in [2.05, 4.69) is 23.0 Å². The zero-order chi connectivity index (χ0) is 12.8. The highest BCUT2D eigenvalue weighted by Crippen LogP contribution is 1.92. The Morgan fingerprint density at radius 3 is 2.44 bits per heavy atom.